The largest absolute Gasteiger partial charge is 0.294 e. The molecule has 0 unspecified atom stereocenters. The molecule has 2 rings (SSSR count). The second-order valence-corrected chi connectivity index (χ2v) is 5.89. The van der Waals surface area contributed by atoms with Crippen molar-refractivity contribution in [2.75, 3.05) is 0 Å². The summed E-state index contributed by atoms with van der Waals surface area (Å²) in [5.41, 5.74) is 2.67. The molecule has 0 heterocycles. The average Bonchev–Trinajstić information content (AvgIpc) is 2.20. The fraction of sp³-hybridized carbons (Fsp3) is 0.667. The van der Waals surface area contributed by atoms with Gasteiger partial charge in [-0.1, -0.05) is 31.6 Å². The highest BCUT2D eigenvalue weighted by Crippen LogP contribution is 2.52. The van der Waals surface area contributed by atoms with Crippen LogP contribution >= 0.6 is 0 Å². The molecule has 1 saturated carbocycles. The van der Waals surface area contributed by atoms with Gasteiger partial charge >= 0.3 is 0 Å². The summed E-state index contributed by atoms with van der Waals surface area (Å²) in [5.74, 6) is 1.05. The van der Waals surface area contributed by atoms with Crippen LogP contribution < -0.4 is 0 Å². The maximum Gasteiger partial charge on any atom is 0.162 e. The Morgan fingerprint density at radius 2 is 2.25 bits per heavy atom. The van der Waals surface area contributed by atoms with Gasteiger partial charge < -0.3 is 0 Å². The predicted octanol–water partition coefficient (Wildman–Crippen LogP) is 3.90. The van der Waals surface area contributed by atoms with Crippen LogP contribution in [0.5, 0.6) is 0 Å². The maximum atomic E-state index is 12.0. The van der Waals surface area contributed by atoms with Crippen molar-refractivity contribution >= 4 is 5.78 Å². The Kier molecular flexibility index (Phi) is 2.81. The maximum absolute atomic E-state index is 12.0. The van der Waals surface area contributed by atoms with E-state index in [0.29, 0.717) is 5.92 Å². The summed E-state index contributed by atoms with van der Waals surface area (Å²) in [6.07, 6.45) is 6.57. The Hall–Kier alpha value is -0.850. The number of hydrogen-bond donors (Lipinski definition) is 0. The summed E-state index contributed by atoms with van der Waals surface area (Å²) in [6.45, 7) is 10.6. The fourth-order valence-electron chi connectivity index (χ4n) is 3.30. The lowest BCUT2D eigenvalue weighted by atomic mass is 9.58. The van der Waals surface area contributed by atoms with Gasteiger partial charge in [0.15, 0.2) is 5.78 Å². The molecular formula is C15H22O. The summed E-state index contributed by atoms with van der Waals surface area (Å²) in [5, 5.41) is 0. The number of carbonyl (C=O) groups excluding carboxylic acids is 1. The van der Waals surface area contributed by atoms with Gasteiger partial charge in [0.25, 0.3) is 0 Å². The molecule has 0 aromatic heterocycles. The highest BCUT2D eigenvalue weighted by molar-refractivity contribution is 5.95. The molecule has 0 saturated heterocycles. The molecule has 88 valence electrons. The summed E-state index contributed by atoms with van der Waals surface area (Å²) in [7, 11) is 0. The zero-order chi connectivity index (χ0) is 11.9. The van der Waals surface area contributed by atoms with Gasteiger partial charge in [0.2, 0.25) is 0 Å². The Morgan fingerprint density at radius 1 is 1.56 bits per heavy atom. The minimum atomic E-state index is 0.0642. The fourth-order valence-corrected chi connectivity index (χ4v) is 3.30. The van der Waals surface area contributed by atoms with Crippen molar-refractivity contribution < 1.29 is 4.79 Å². The molecule has 1 nitrogen and oxygen atoms in total. The van der Waals surface area contributed by atoms with E-state index in [1.54, 1.807) is 0 Å². The lowest BCUT2D eigenvalue weighted by Crippen LogP contribution is -2.39. The predicted molar refractivity (Wildman–Crippen MR) is 67.1 cm³/mol. The zero-order valence-electron chi connectivity index (χ0n) is 10.7. The molecule has 2 aliphatic carbocycles. The minimum absolute atomic E-state index is 0.0642. The van der Waals surface area contributed by atoms with Crippen LogP contribution in [0.4, 0.5) is 0 Å². The number of allylic oxidation sites excluding steroid dienone is 3. The number of fused-ring (bicyclic) bond motifs is 1. The first-order chi connectivity index (χ1) is 7.45. The van der Waals surface area contributed by atoms with Gasteiger partial charge in [-0.25, -0.2) is 0 Å². The SMILES string of the molecule is C=C(C)[C@H]1C[C@@]2(C)C(=CC1=O)CCC[C@@H]2C. The number of hydrogen-bond acceptors (Lipinski definition) is 1. The molecule has 0 radical (unpaired) electrons. The minimum Gasteiger partial charge on any atom is -0.294 e. The molecular weight excluding hydrogens is 196 g/mol. The highest BCUT2D eigenvalue weighted by Gasteiger charge is 2.43. The van der Waals surface area contributed by atoms with E-state index in [1.807, 2.05) is 13.0 Å². The second kappa shape index (κ2) is 3.87. The van der Waals surface area contributed by atoms with Crippen LogP contribution in [0.2, 0.25) is 0 Å². The van der Waals surface area contributed by atoms with Gasteiger partial charge in [-0.2, -0.15) is 0 Å². The van der Waals surface area contributed by atoms with Crippen LogP contribution in [0.1, 0.15) is 46.5 Å². The van der Waals surface area contributed by atoms with E-state index in [9.17, 15) is 4.79 Å². The van der Waals surface area contributed by atoms with Crippen molar-refractivity contribution in [3.8, 4) is 0 Å². The van der Waals surface area contributed by atoms with Crippen LogP contribution in [-0.2, 0) is 4.79 Å². The number of carbonyl (C=O) groups is 1. The summed E-state index contributed by atoms with van der Waals surface area (Å²) in [4.78, 5) is 12.0. The third-order valence-corrected chi connectivity index (χ3v) is 4.79. The van der Waals surface area contributed by atoms with Crippen LogP contribution in [0.15, 0.2) is 23.8 Å². The Bertz CT molecular complexity index is 364. The molecule has 0 aliphatic heterocycles. The summed E-state index contributed by atoms with van der Waals surface area (Å²) < 4.78 is 0. The van der Waals surface area contributed by atoms with Crippen LogP contribution in [0, 0.1) is 17.3 Å². The summed E-state index contributed by atoms with van der Waals surface area (Å²) in [6, 6.07) is 0. The van der Waals surface area contributed by atoms with Crippen LogP contribution in [-0.4, -0.2) is 5.78 Å². The van der Waals surface area contributed by atoms with Gasteiger partial charge in [0, 0.05) is 5.92 Å². The topological polar surface area (TPSA) is 17.1 Å². The van der Waals surface area contributed by atoms with Gasteiger partial charge in [0.05, 0.1) is 0 Å². The normalized spacial score (nSPS) is 38.9. The Labute approximate surface area is 98.6 Å². The molecule has 0 spiro atoms. The summed E-state index contributed by atoms with van der Waals surface area (Å²) >= 11 is 0. The molecule has 3 atom stereocenters. The average molecular weight is 218 g/mol. The highest BCUT2D eigenvalue weighted by atomic mass is 16.1. The monoisotopic (exact) mass is 218 g/mol. The zero-order valence-corrected chi connectivity index (χ0v) is 10.7. The first-order valence-electron chi connectivity index (χ1n) is 6.35. The van der Waals surface area contributed by atoms with Crippen molar-refractivity contribution in [2.45, 2.75) is 46.5 Å². The van der Waals surface area contributed by atoms with Gasteiger partial charge in [-0.05, 0) is 50.0 Å². The molecule has 16 heavy (non-hydrogen) atoms. The van der Waals surface area contributed by atoms with E-state index < -0.39 is 0 Å². The van der Waals surface area contributed by atoms with Crippen molar-refractivity contribution in [1.29, 1.82) is 0 Å². The lowest BCUT2D eigenvalue weighted by Gasteiger charge is -2.46. The van der Waals surface area contributed by atoms with E-state index in [0.717, 1.165) is 18.4 Å². The quantitative estimate of drug-likeness (QED) is 0.610. The van der Waals surface area contributed by atoms with E-state index in [-0.39, 0.29) is 17.1 Å². The first kappa shape index (κ1) is 11.6. The van der Waals surface area contributed by atoms with Gasteiger partial charge in [0.1, 0.15) is 0 Å². The van der Waals surface area contributed by atoms with Gasteiger partial charge in [-0.3, -0.25) is 4.79 Å². The molecule has 0 N–H and O–H groups in total. The van der Waals surface area contributed by atoms with Crippen molar-refractivity contribution in [3.63, 3.8) is 0 Å². The van der Waals surface area contributed by atoms with Crippen LogP contribution in [0.3, 0.4) is 0 Å². The molecule has 0 aromatic carbocycles. The van der Waals surface area contributed by atoms with Crippen molar-refractivity contribution in [1.82, 2.24) is 0 Å². The third-order valence-electron chi connectivity index (χ3n) is 4.79. The molecule has 0 aromatic rings. The van der Waals surface area contributed by atoms with E-state index >= 15 is 0 Å². The smallest absolute Gasteiger partial charge is 0.162 e. The van der Waals surface area contributed by atoms with E-state index in [1.165, 1.54) is 18.4 Å². The molecule has 2 aliphatic rings. The molecule has 1 fully saturated rings. The lowest BCUT2D eigenvalue weighted by molar-refractivity contribution is -0.119. The van der Waals surface area contributed by atoms with Gasteiger partial charge in [-0.15, -0.1) is 0 Å². The van der Waals surface area contributed by atoms with Crippen molar-refractivity contribution in [3.05, 3.63) is 23.8 Å². The van der Waals surface area contributed by atoms with E-state index in [2.05, 4.69) is 20.4 Å². The molecule has 0 bridgehead atoms. The first-order valence-corrected chi connectivity index (χ1v) is 6.35. The van der Waals surface area contributed by atoms with E-state index in [4.69, 9.17) is 0 Å². The van der Waals surface area contributed by atoms with Crippen LogP contribution in [0.25, 0.3) is 0 Å². The Balaban J connectivity index is 2.38. The standard InChI is InChI=1S/C15H22O/c1-10(2)13-9-15(4)11(3)6-5-7-12(15)8-14(13)16/h8,11,13H,1,5-7,9H2,2-4H3/t11-,13+,15+/m0/s1. The number of ketones is 1. The van der Waals surface area contributed by atoms with Crippen molar-refractivity contribution in [2.24, 2.45) is 17.3 Å². The number of rotatable bonds is 1. The third kappa shape index (κ3) is 1.66. The second-order valence-electron chi connectivity index (χ2n) is 5.89. The molecule has 1 heteroatoms. The molecule has 0 amide bonds. The Morgan fingerprint density at radius 3 is 2.88 bits per heavy atom.